The summed E-state index contributed by atoms with van der Waals surface area (Å²) in [5.74, 6) is -0.209. The third kappa shape index (κ3) is 2.62. The molecule has 0 bridgehead atoms. The largest absolute Gasteiger partial charge is 0.478 e. The van der Waals surface area contributed by atoms with Crippen molar-refractivity contribution in [1.82, 2.24) is 4.31 Å². The van der Waals surface area contributed by atoms with Crippen LogP contribution in [0.15, 0.2) is 27.6 Å². The van der Waals surface area contributed by atoms with E-state index >= 15 is 0 Å². The van der Waals surface area contributed by atoms with E-state index in [9.17, 15) is 13.2 Å². The Morgan fingerprint density at radius 2 is 1.86 bits per heavy atom. The van der Waals surface area contributed by atoms with E-state index in [0.29, 0.717) is 29.4 Å². The Bertz CT molecular complexity index is 676. The van der Waals surface area contributed by atoms with Crippen LogP contribution >= 0.6 is 15.9 Å². The minimum absolute atomic E-state index is 0.0174. The lowest BCUT2D eigenvalue weighted by atomic mass is 10.0. The predicted molar refractivity (Wildman–Crippen MR) is 80.7 cm³/mol. The van der Waals surface area contributed by atoms with Gasteiger partial charge in [0.2, 0.25) is 10.0 Å². The number of carbonyl (C=O) groups is 1. The van der Waals surface area contributed by atoms with Gasteiger partial charge in [0.1, 0.15) is 0 Å². The zero-order valence-corrected chi connectivity index (χ0v) is 13.7. The normalized spacial score (nSPS) is 26.0. The fraction of sp³-hybridized carbons (Fsp3) is 0.500. The average molecular weight is 374 g/mol. The zero-order chi connectivity index (χ0) is 15.2. The average Bonchev–Trinajstić information content (AvgIpc) is 2.99. The topological polar surface area (TPSA) is 74.7 Å². The zero-order valence-electron chi connectivity index (χ0n) is 11.3. The minimum Gasteiger partial charge on any atom is -0.478 e. The molecule has 21 heavy (non-hydrogen) atoms. The monoisotopic (exact) mass is 373 g/mol. The van der Waals surface area contributed by atoms with Gasteiger partial charge in [-0.1, -0.05) is 6.42 Å². The van der Waals surface area contributed by atoms with Gasteiger partial charge in [-0.2, -0.15) is 4.31 Å². The van der Waals surface area contributed by atoms with Crippen LogP contribution in [-0.4, -0.2) is 36.9 Å². The van der Waals surface area contributed by atoms with Gasteiger partial charge in [0, 0.05) is 17.6 Å². The summed E-state index contributed by atoms with van der Waals surface area (Å²) in [5.41, 5.74) is -0.0174. The number of halogens is 1. The van der Waals surface area contributed by atoms with Gasteiger partial charge in [-0.25, -0.2) is 13.2 Å². The first-order valence-electron chi connectivity index (χ1n) is 6.92. The van der Waals surface area contributed by atoms with Gasteiger partial charge in [0.25, 0.3) is 0 Å². The van der Waals surface area contributed by atoms with Gasteiger partial charge in [0.15, 0.2) is 0 Å². The Balaban J connectivity index is 1.95. The van der Waals surface area contributed by atoms with Crippen LogP contribution in [0, 0.1) is 11.8 Å². The summed E-state index contributed by atoms with van der Waals surface area (Å²) in [7, 11) is -3.64. The van der Waals surface area contributed by atoms with Gasteiger partial charge in [0.05, 0.1) is 10.5 Å². The van der Waals surface area contributed by atoms with E-state index in [2.05, 4.69) is 15.9 Å². The molecule has 0 spiro atoms. The number of sulfonamides is 1. The molecule has 0 radical (unpaired) electrons. The molecule has 2 fully saturated rings. The summed E-state index contributed by atoms with van der Waals surface area (Å²) in [5, 5.41) is 9.04. The van der Waals surface area contributed by atoms with Crippen molar-refractivity contribution < 1.29 is 18.3 Å². The molecule has 1 aliphatic carbocycles. The molecule has 1 heterocycles. The fourth-order valence-electron chi connectivity index (χ4n) is 3.36. The summed E-state index contributed by atoms with van der Waals surface area (Å²) >= 11 is 3.22. The molecular formula is C14H16BrNO4S. The van der Waals surface area contributed by atoms with Crippen LogP contribution in [0.4, 0.5) is 0 Å². The number of hydrogen-bond acceptors (Lipinski definition) is 3. The van der Waals surface area contributed by atoms with Crippen LogP contribution in [0.3, 0.4) is 0 Å². The predicted octanol–water partition coefficient (Wildman–Crippen LogP) is 2.57. The van der Waals surface area contributed by atoms with Crippen molar-refractivity contribution >= 4 is 31.9 Å². The van der Waals surface area contributed by atoms with E-state index in [0.717, 1.165) is 12.8 Å². The maximum Gasteiger partial charge on any atom is 0.335 e. The molecule has 2 aliphatic rings. The van der Waals surface area contributed by atoms with Gasteiger partial charge in [-0.05, 0) is 58.8 Å². The molecule has 1 aromatic carbocycles. The van der Waals surface area contributed by atoms with Gasteiger partial charge in [-0.3, -0.25) is 0 Å². The van der Waals surface area contributed by atoms with Crippen molar-refractivity contribution in [2.24, 2.45) is 11.8 Å². The number of aromatic carboxylic acids is 1. The summed E-state index contributed by atoms with van der Waals surface area (Å²) in [6.45, 7) is 1.10. The highest BCUT2D eigenvalue weighted by Gasteiger charge is 2.41. The molecule has 3 rings (SSSR count). The van der Waals surface area contributed by atoms with Crippen LogP contribution < -0.4 is 0 Å². The first kappa shape index (κ1) is 15.0. The molecule has 1 aromatic rings. The summed E-state index contributed by atoms with van der Waals surface area (Å²) < 4.78 is 27.4. The van der Waals surface area contributed by atoms with E-state index in [-0.39, 0.29) is 10.5 Å². The van der Waals surface area contributed by atoms with E-state index in [1.165, 1.54) is 28.9 Å². The second-order valence-corrected chi connectivity index (χ2v) is 8.48. The maximum atomic E-state index is 12.8. The molecule has 114 valence electrons. The number of fused-ring (bicyclic) bond motifs is 1. The Hall–Kier alpha value is -0.920. The first-order valence-corrected chi connectivity index (χ1v) is 9.16. The number of carboxylic acid groups (broad SMARTS) is 1. The number of rotatable bonds is 3. The molecule has 0 amide bonds. The Kier molecular flexibility index (Phi) is 3.83. The first-order chi connectivity index (χ1) is 9.89. The van der Waals surface area contributed by atoms with Crippen LogP contribution in [0.5, 0.6) is 0 Å². The van der Waals surface area contributed by atoms with Crippen molar-refractivity contribution in [1.29, 1.82) is 0 Å². The van der Waals surface area contributed by atoms with Crippen LogP contribution in [0.1, 0.15) is 29.6 Å². The SMILES string of the molecule is O=C(O)c1ccc(Br)c(S(=O)(=O)N2CC3CCCC3C2)c1. The molecular weight excluding hydrogens is 358 g/mol. The molecule has 1 aliphatic heterocycles. The van der Waals surface area contributed by atoms with Crippen molar-refractivity contribution in [3.05, 3.63) is 28.2 Å². The van der Waals surface area contributed by atoms with Crippen molar-refractivity contribution in [2.75, 3.05) is 13.1 Å². The Morgan fingerprint density at radius 1 is 1.24 bits per heavy atom. The molecule has 1 saturated carbocycles. The van der Waals surface area contributed by atoms with Gasteiger partial charge >= 0.3 is 5.97 Å². The summed E-state index contributed by atoms with van der Waals surface area (Å²) in [6, 6.07) is 4.10. The summed E-state index contributed by atoms with van der Waals surface area (Å²) in [6.07, 6.45) is 3.36. The Morgan fingerprint density at radius 3 is 2.43 bits per heavy atom. The lowest BCUT2D eigenvalue weighted by Gasteiger charge is -2.18. The van der Waals surface area contributed by atoms with Gasteiger partial charge < -0.3 is 5.11 Å². The van der Waals surface area contributed by atoms with Crippen LogP contribution in [-0.2, 0) is 10.0 Å². The highest BCUT2D eigenvalue weighted by Crippen LogP contribution is 2.40. The number of hydrogen-bond donors (Lipinski definition) is 1. The quantitative estimate of drug-likeness (QED) is 0.883. The van der Waals surface area contributed by atoms with Crippen LogP contribution in [0.25, 0.3) is 0 Å². The van der Waals surface area contributed by atoms with E-state index in [4.69, 9.17) is 5.11 Å². The fourth-order valence-corrected chi connectivity index (χ4v) is 5.87. The molecule has 5 nitrogen and oxygen atoms in total. The number of benzene rings is 1. The molecule has 0 aromatic heterocycles. The lowest BCUT2D eigenvalue weighted by molar-refractivity contribution is 0.0696. The smallest absolute Gasteiger partial charge is 0.335 e. The van der Waals surface area contributed by atoms with E-state index in [1.807, 2.05) is 0 Å². The third-order valence-electron chi connectivity index (χ3n) is 4.49. The second-order valence-electron chi connectivity index (χ2n) is 5.72. The van der Waals surface area contributed by atoms with Crippen LogP contribution in [0.2, 0.25) is 0 Å². The second kappa shape index (κ2) is 5.37. The van der Waals surface area contributed by atoms with E-state index in [1.54, 1.807) is 0 Å². The lowest BCUT2D eigenvalue weighted by Crippen LogP contribution is -2.30. The molecule has 7 heteroatoms. The van der Waals surface area contributed by atoms with Gasteiger partial charge in [-0.15, -0.1) is 0 Å². The van der Waals surface area contributed by atoms with Crippen molar-refractivity contribution in [2.45, 2.75) is 24.2 Å². The molecule has 1 N–H and O–H groups in total. The highest BCUT2D eigenvalue weighted by molar-refractivity contribution is 9.10. The molecule has 2 atom stereocenters. The number of carboxylic acids is 1. The standard InChI is InChI=1S/C14H16BrNO4S/c15-12-5-4-9(14(17)18)6-13(12)21(19,20)16-7-10-2-1-3-11(10)8-16/h4-6,10-11H,1-3,7-8H2,(H,17,18). The van der Waals surface area contributed by atoms with E-state index < -0.39 is 16.0 Å². The third-order valence-corrected chi connectivity index (χ3v) is 7.31. The van der Waals surface area contributed by atoms with Crippen molar-refractivity contribution in [3.8, 4) is 0 Å². The number of nitrogens with zero attached hydrogens (tertiary/aromatic N) is 1. The highest BCUT2D eigenvalue weighted by atomic mass is 79.9. The minimum atomic E-state index is -3.64. The van der Waals surface area contributed by atoms with Crippen molar-refractivity contribution in [3.63, 3.8) is 0 Å². The maximum absolute atomic E-state index is 12.8. The summed E-state index contributed by atoms with van der Waals surface area (Å²) in [4.78, 5) is 11.1. The Labute approximate surface area is 132 Å². The molecule has 1 saturated heterocycles. The molecule has 2 unspecified atom stereocenters.